The van der Waals surface area contributed by atoms with Crippen molar-refractivity contribution in [3.8, 4) is 11.3 Å². The van der Waals surface area contributed by atoms with Gasteiger partial charge in [-0.1, -0.05) is 23.7 Å². The minimum atomic E-state index is -0.348. The number of nitrogens with one attached hydrogen (secondary N) is 1. The number of amides is 1. The van der Waals surface area contributed by atoms with Crippen LogP contribution in [-0.4, -0.2) is 26.3 Å². The number of aryl methyl sites for hydroxylation is 1. The topological polar surface area (TPSA) is 76.4 Å². The third-order valence-electron chi connectivity index (χ3n) is 5.43. The maximum atomic E-state index is 12.8. The van der Waals surface area contributed by atoms with E-state index >= 15 is 0 Å². The zero-order valence-corrected chi connectivity index (χ0v) is 17.6. The van der Waals surface area contributed by atoms with Gasteiger partial charge in [0.2, 0.25) is 0 Å². The van der Waals surface area contributed by atoms with Gasteiger partial charge in [0.05, 0.1) is 5.69 Å². The number of nitrogens with zero attached hydrogens (tertiary/aromatic N) is 3. The van der Waals surface area contributed by atoms with Crippen LogP contribution in [0, 0.1) is 12.8 Å². The zero-order chi connectivity index (χ0) is 21.5. The van der Waals surface area contributed by atoms with Gasteiger partial charge in [0.1, 0.15) is 0 Å². The predicted octanol–water partition coefficient (Wildman–Crippen LogP) is 5.20. The first-order chi connectivity index (χ1) is 15.0. The number of anilines is 1. The first-order valence-corrected chi connectivity index (χ1v) is 10.4. The summed E-state index contributed by atoms with van der Waals surface area (Å²) in [6, 6.07) is 16.2. The Hall–Kier alpha value is -3.51. The van der Waals surface area contributed by atoms with Gasteiger partial charge in [0.25, 0.3) is 5.91 Å². The number of aromatic nitrogens is 3. The van der Waals surface area contributed by atoms with Crippen LogP contribution in [0.25, 0.3) is 16.9 Å². The summed E-state index contributed by atoms with van der Waals surface area (Å²) in [5.41, 5.74) is 4.75. The second kappa shape index (κ2) is 7.63. The van der Waals surface area contributed by atoms with Crippen molar-refractivity contribution in [2.45, 2.75) is 19.8 Å². The van der Waals surface area contributed by atoms with Gasteiger partial charge in [-0.2, -0.15) is 5.10 Å². The van der Waals surface area contributed by atoms with Crippen molar-refractivity contribution < 1.29 is 9.59 Å². The van der Waals surface area contributed by atoms with Crippen LogP contribution in [0.1, 0.15) is 39.3 Å². The van der Waals surface area contributed by atoms with Crippen molar-refractivity contribution in [2.24, 2.45) is 5.92 Å². The smallest absolute Gasteiger partial charge is 0.276 e. The first-order valence-electron chi connectivity index (χ1n) is 10.1. The van der Waals surface area contributed by atoms with Gasteiger partial charge in [0, 0.05) is 40.0 Å². The maximum Gasteiger partial charge on any atom is 0.276 e. The lowest BCUT2D eigenvalue weighted by Gasteiger charge is -2.06. The van der Waals surface area contributed by atoms with E-state index in [-0.39, 0.29) is 23.3 Å². The monoisotopic (exact) mass is 430 g/mol. The molecule has 0 unspecified atom stereocenters. The first kappa shape index (κ1) is 19.5. The maximum absolute atomic E-state index is 12.8. The van der Waals surface area contributed by atoms with E-state index in [2.05, 4.69) is 15.4 Å². The normalized spacial score (nSPS) is 13.4. The number of carbonyl (C=O) groups excluding carboxylic acids is 2. The Morgan fingerprint density at radius 1 is 1.06 bits per heavy atom. The Balaban J connectivity index is 1.40. The van der Waals surface area contributed by atoms with Crippen LogP contribution in [0.2, 0.25) is 5.02 Å². The number of ketones is 1. The predicted molar refractivity (Wildman–Crippen MR) is 120 cm³/mol. The van der Waals surface area contributed by atoms with Gasteiger partial charge in [-0.25, -0.2) is 9.50 Å². The SMILES string of the molecule is Cc1ccc(-c2ccnc3cc(C(=O)Nc4ccc(C(=O)C5CC5)cc4)nn23)cc1Cl. The molecule has 1 aliphatic carbocycles. The zero-order valence-electron chi connectivity index (χ0n) is 16.8. The third-order valence-corrected chi connectivity index (χ3v) is 5.84. The lowest BCUT2D eigenvalue weighted by Crippen LogP contribution is -2.13. The number of Topliss-reactive ketones (excluding diaryl/α,β-unsaturated/α-hetero) is 1. The molecule has 31 heavy (non-hydrogen) atoms. The Kier molecular flexibility index (Phi) is 4.79. The van der Waals surface area contributed by atoms with E-state index in [0.717, 1.165) is 29.7 Å². The van der Waals surface area contributed by atoms with Gasteiger partial charge in [0.15, 0.2) is 17.1 Å². The Labute approximate surface area is 183 Å². The van der Waals surface area contributed by atoms with Crippen molar-refractivity contribution in [1.29, 1.82) is 0 Å². The molecule has 0 spiro atoms. The lowest BCUT2D eigenvalue weighted by atomic mass is 10.1. The summed E-state index contributed by atoms with van der Waals surface area (Å²) in [6.07, 6.45) is 3.61. The van der Waals surface area contributed by atoms with Gasteiger partial charge >= 0.3 is 0 Å². The molecule has 2 aromatic heterocycles. The summed E-state index contributed by atoms with van der Waals surface area (Å²) in [6.45, 7) is 1.94. The molecule has 0 atom stereocenters. The molecule has 1 aliphatic rings. The summed E-state index contributed by atoms with van der Waals surface area (Å²) < 4.78 is 1.63. The number of hydrogen-bond donors (Lipinski definition) is 1. The van der Waals surface area contributed by atoms with E-state index in [9.17, 15) is 9.59 Å². The molecular weight excluding hydrogens is 412 g/mol. The molecule has 7 heteroatoms. The molecule has 4 aromatic rings. The van der Waals surface area contributed by atoms with E-state index in [1.807, 2.05) is 31.2 Å². The van der Waals surface area contributed by atoms with Gasteiger partial charge in [-0.15, -0.1) is 0 Å². The van der Waals surface area contributed by atoms with E-state index in [0.29, 0.717) is 21.9 Å². The fraction of sp³-hybridized carbons (Fsp3) is 0.167. The minimum absolute atomic E-state index is 0.170. The van der Waals surface area contributed by atoms with Crippen LogP contribution < -0.4 is 5.32 Å². The summed E-state index contributed by atoms with van der Waals surface area (Å²) in [5, 5.41) is 7.95. The average Bonchev–Trinajstić information content (AvgIpc) is 3.53. The van der Waals surface area contributed by atoms with E-state index in [1.165, 1.54) is 0 Å². The molecule has 1 fully saturated rings. The second-order valence-electron chi connectivity index (χ2n) is 7.76. The molecule has 0 radical (unpaired) electrons. The molecule has 0 saturated heterocycles. The minimum Gasteiger partial charge on any atom is -0.321 e. The van der Waals surface area contributed by atoms with Crippen LogP contribution in [0.15, 0.2) is 60.8 Å². The highest BCUT2D eigenvalue weighted by Gasteiger charge is 2.30. The molecule has 0 aliphatic heterocycles. The Morgan fingerprint density at radius 3 is 2.55 bits per heavy atom. The third kappa shape index (κ3) is 3.82. The number of halogens is 1. The van der Waals surface area contributed by atoms with Crippen molar-refractivity contribution in [3.05, 3.63) is 82.6 Å². The number of rotatable bonds is 5. The number of carbonyl (C=O) groups is 2. The molecular formula is C24H19ClN4O2. The van der Waals surface area contributed by atoms with E-state index in [1.54, 1.807) is 41.0 Å². The van der Waals surface area contributed by atoms with Gasteiger partial charge in [-0.3, -0.25) is 9.59 Å². The number of hydrogen-bond acceptors (Lipinski definition) is 4. The molecule has 154 valence electrons. The molecule has 1 N–H and O–H groups in total. The Bertz CT molecular complexity index is 1320. The van der Waals surface area contributed by atoms with Crippen molar-refractivity contribution >= 4 is 34.6 Å². The lowest BCUT2D eigenvalue weighted by molar-refractivity contribution is 0.0967. The largest absolute Gasteiger partial charge is 0.321 e. The highest BCUT2D eigenvalue weighted by Crippen LogP contribution is 2.32. The molecule has 0 bridgehead atoms. The quantitative estimate of drug-likeness (QED) is 0.441. The second-order valence-corrected chi connectivity index (χ2v) is 8.17. The fourth-order valence-electron chi connectivity index (χ4n) is 3.47. The summed E-state index contributed by atoms with van der Waals surface area (Å²) in [4.78, 5) is 29.2. The summed E-state index contributed by atoms with van der Waals surface area (Å²) >= 11 is 6.28. The van der Waals surface area contributed by atoms with Crippen LogP contribution >= 0.6 is 11.6 Å². The van der Waals surface area contributed by atoms with Gasteiger partial charge < -0.3 is 5.32 Å². The molecule has 6 nitrogen and oxygen atoms in total. The molecule has 2 aromatic carbocycles. The number of fused-ring (bicyclic) bond motifs is 1. The van der Waals surface area contributed by atoms with Crippen molar-refractivity contribution in [2.75, 3.05) is 5.32 Å². The van der Waals surface area contributed by atoms with Crippen molar-refractivity contribution in [3.63, 3.8) is 0 Å². The highest BCUT2D eigenvalue weighted by atomic mass is 35.5. The average molecular weight is 431 g/mol. The van der Waals surface area contributed by atoms with Crippen LogP contribution in [-0.2, 0) is 0 Å². The van der Waals surface area contributed by atoms with Crippen molar-refractivity contribution in [1.82, 2.24) is 14.6 Å². The molecule has 1 saturated carbocycles. The number of benzene rings is 2. The standard InChI is InChI=1S/C24H19ClN4O2/c1-14-2-3-17(12-19(14)25)21-10-11-26-22-13-20(28-29(21)22)24(31)27-18-8-6-16(7-9-18)23(30)15-4-5-15/h2-3,6-13,15H,4-5H2,1H3,(H,27,31). The van der Waals surface area contributed by atoms with Gasteiger partial charge in [-0.05, 0) is 61.7 Å². The Morgan fingerprint density at radius 2 is 1.84 bits per heavy atom. The van der Waals surface area contributed by atoms with Crippen LogP contribution in [0.5, 0.6) is 0 Å². The van der Waals surface area contributed by atoms with E-state index < -0.39 is 0 Å². The highest BCUT2D eigenvalue weighted by molar-refractivity contribution is 6.31. The molecule has 2 heterocycles. The van der Waals surface area contributed by atoms with Crippen LogP contribution in [0.4, 0.5) is 5.69 Å². The molecule has 5 rings (SSSR count). The van der Waals surface area contributed by atoms with Crippen LogP contribution in [0.3, 0.4) is 0 Å². The summed E-state index contributed by atoms with van der Waals surface area (Å²) in [5.74, 6) is -0.00350. The van der Waals surface area contributed by atoms with E-state index in [4.69, 9.17) is 11.6 Å². The molecule has 1 amide bonds. The fourth-order valence-corrected chi connectivity index (χ4v) is 3.65. The summed E-state index contributed by atoms with van der Waals surface area (Å²) in [7, 11) is 0.